The Labute approximate surface area is 108 Å². The molecule has 0 unspecified atom stereocenters. The molecule has 7 heteroatoms. The fourth-order valence-electron chi connectivity index (χ4n) is 1.74. The van der Waals surface area contributed by atoms with Crippen LogP contribution in [-0.2, 0) is 13.0 Å². The van der Waals surface area contributed by atoms with E-state index >= 15 is 0 Å². The summed E-state index contributed by atoms with van der Waals surface area (Å²) in [4.78, 5) is 25.2. The average Bonchev–Trinajstić information content (AvgIpc) is 2.82. The predicted molar refractivity (Wildman–Crippen MR) is 66.0 cm³/mol. The van der Waals surface area contributed by atoms with Gasteiger partial charge in [-0.15, -0.1) is 0 Å². The van der Waals surface area contributed by atoms with Gasteiger partial charge < -0.3 is 9.67 Å². The lowest BCUT2D eigenvalue weighted by atomic mass is 10.2. The van der Waals surface area contributed by atoms with Crippen molar-refractivity contribution in [1.82, 2.24) is 9.55 Å². The zero-order valence-corrected chi connectivity index (χ0v) is 9.89. The number of carbonyl (C=O) groups is 1. The van der Waals surface area contributed by atoms with Crippen LogP contribution >= 0.6 is 0 Å². The minimum absolute atomic E-state index is 0.0948. The average molecular weight is 261 g/mol. The summed E-state index contributed by atoms with van der Waals surface area (Å²) in [5, 5.41) is 19.6. The molecule has 98 valence electrons. The van der Waals surface area contributed by atoms with Gasteiger partial charge in [0.15, 0.2) is 0 Å². The van der Waals surface area contributed by atoms with Crippen LogP contribution in [0.1, 0.15) is 16.2 Å². The SMILES string of the molecule is O=C(O)c1cc([N+](=O)[O-])cn1CCc1ccccn1. The topological polar surface area (TPSA) is 98.3 Å². The number of hydrogen-bond acceptors (Lipinski definition) is 4. The number of carboxylic acids is 1. The summed E-state index contributed by atoms with van der Waals surface area (Å²) >= 11 is 0. The Hall–Kier alpha value is -2.70. The van der Waals surface area contributed by atoms with Crippen molar-refractivity contribution in [1.29, 1.82) is 0 Å². The molecule has 0 aliphatic carbocycles. The Kier molecular flexibility index (Phi) is 3.56. The van der Waals surface area contributed by atoms with E-state index in [9.17, 15) is 14.9 Å². The number of carboxylic acid groups (broad SMARTS) is 1. The lowest BCUT2D eigenvalue weighted by molar-refractivity contribution is -0.384. The van der Waals surface area contributed by atoms with Gasteiger partial charge in [-0.25, -0.2) is 4.79 Å². The molecule has 0 aromatic carbocycles. The van der Waals surface area contributed by atoms with Crippen molar-refractivity contribution in [2.75, 3.05) is 0 Å². The summed E-state index contributed by atoms with van der Waals surface area (Å²) in [6.07, 6.45) is 3.38. The number of aromatic nitrogens is 2. The highest BCUT2D eigenvalue weighted by Gasteiger charge is 2.18. The van der Waals surface area contributed by atoms with E-state index < -0.39 is 10.9 Å². The minimum Gasteiger partial charge on any atom is -0.477 e. The summed E-state index contributed by atoms with van der Waals surface area (Å²) in [5.41, 5.74) is 0.483. The second-order valence-electron chi connectivity index (χ2n) is 3.91. The van der Waals surface area contributed by atoms with Gasteiger partial charge >= 0.3 is 5.97 Å². The Bertz CT molecular complexity index is 607. The first-order valence-corrected chi connectivity index (χ1v) is 5.55. The Balaban J connectivity index is 2.19. The number of aromatic carboxylic acids is 1. The Morgan fingerprint density at radius 3 is 2.84 bits per heavy atom. The van der Waals surface area contributed by atoms with Crippen LogP contribution in [0.4, 0.5) is 5.69 Å². The van der Waals surface area contributed by atoms with Crippen LogP contribution in [0.2, 0.25) is 0 Å². The van der Waals surface area contributed by atoms with Crippen molar-refractivity contribution in [2.24, 2.45) is 0 Å². The van der Waals surface area contributed by atoms with Crippen molar-refractivity contribution in [3.05, 3.63) is 58.2 Å². The van der Waals surface area contributed by atoms with Crippen LogP contribution in [0.15, 0.2) is 36.7 Å². The van der Waals surface area contributed by atoms with Crippen LogP contribution in [0.25, 0.3) is 0 Å². The van der Waals surface area contributed by atoms with Crippen LogP contribution < -0.4 is 0 Å². The first-order valence-electron chi connectivity index (χ1n) is 5.55. The quantitative estimate of drug-likeness (QED) is 0.652. The lowest BCUT2D eigenvalue weighted by Gasteiger charge is -2.04. The van der Waals surface area contributed by atoms with Gasteiger partial charge in [-0.1, -0.05) is 6.07 Å². The molecule has 0 aliphatic rings. The van der Waals surface area contributed by atoms with Gasteiger partial charge in [-0.3, -0.25) is 15.1 Å². The van der Waals surface area contributed by atoms with Crippen molar-refractivity contribution in [3.63, 3.8) is 0 Å². The molecular weight excluding hydrogens is 250 g/mol. The summed E-state index contributed by atoms with van der Waals surface area (Å²) in [7, 11) is 0. The molecule has 0 saturated carbocycles. The van der Waals surface area contributed by atoms with Gasteiger partial charge in [0.25, 0.3) is 5.69 Å². The molecule has 2 rings (SSSR count). The van der Waals surface area contributed by atoms with Gasteiger partial charge in [0.2, 0.25) is 0 Å². The van der Waals surface area contributed by atoms with E-state index in [0.29, 0.717) is 13.0 Å². The summed E-state index contributed by atoms with van der Waals surface area (Å²) in [6.45, 7) is 0.326. The highest BCUT2D eigenvalue weighted by atomic mass is 16.6. The molecule has 0 amide bonds. The number of aryl methyl sites for hydroxylation is 2. The minimum atomic E-state index is -1.19. The smallest absolute Gasteiger partial charge is 0.352 e. The maximum Gasteiger partial charge on any atom is 0.352 e. The molecule has 0 spiro atoms. The van der Waals surface area contributed by atoms with E-state index in [1.165, 1.54) is 10.8 Å². The maximum absolute atomic E-state index is 11.0. The fourth-order valence-corrected chi connectivity index (χ4v) is 1.74. The third-order valence-corrected chi connectivity index (χ3v) is 2.65. The third-order valence-electron chi connectivity index (χ3n) is 2.65. The van der Waals surface area contributed by atoms with E-state index in [4.69, 9.17) is 5.11 Å². The number of rotatable bonds is 5. The Morgan fingerprint density at radius 2 is 2.26 bits per heavy atom. The van der Waals surface area contributed by atoms with Crippen LogP contribution in [0.5, 0.6) is 0 Å². The highest BCUT2D eigenvalue weighted by Crippen LogP contribution is 2.17. The van der Waals surface area contributed by atoms with E-state index in [-0.39, 0.29) is 11.4 Å². The monoisotopic (exact) mass is 261 g/mol. The molecule has 0 saturated heterocycles. The molecular formula is C12H11N3O4. The number of hydrogen-bond donors (Lipinski definition) is 1. The molecule has 0 bridgehead atoms. The van der Waals surface area contributed by atoms with Gasteiger partial charge in [0.1, 0.15) is 5.69 Å². The number of nitrogens with zero attached hydrogens (tertiary/aromatic N) is 3. The molecule has 2 heterocycles. The van der Waals surface area contributed by atoms with Crippen molar-refractivity contribution in [2.45, 2.75) is 13.0 Å². The van der Waals surface area contributed by atoms with E-state index in [1.807, 2.05) is 12.1 Å². The largest absolute Gasteiger partial charge is 0.477 e. The molecule has 2 aromatic rings. The fraction of sp³-hybridized carbons (Fsp3) is 0.167. The molecule has 0 fully saturated rings. The maximum atomic E-state index is 11.0. The van der Waals surface area contributed by atoms with Gasteiger partial charge in [-0.2, -0.15) is 0 Å². The second kappa shape index (κ2) is 5.30. The Morgan fingerprint density at radius 1 is 1.47 bits per heavy atom. The summed E-state index contributed by atoms with van der Waals surface area (Å²) < 4.78 is 1.36. The first kappa shape index (κ1) is 12.7. The van der Waals surface area contributed by atoms with Crippen molar-refractivity contribution >= 4 is 11.7 Å². The lowest BCUT2D eigenvalue weighted by Crippen LogP contribution is -2.09. The predicted octanol–water partition coefficient (Wildman–Crippen LogP) is 1.73. The summed E-state index contributed by atoms with van der Waals surface area (Å²) in [5.74, 6) is -1.19. The van der Waals surface area contributed by atoms with E-state index in [2.05, 4.69) is 4.98 Å². The molecule has 0 radical (unpaired) electrons. The van der Waals surface area contributed by atoms with E-state index in [1.54, 1.807) is 12.3 Å². The van der Waals surface area contributed by atoms with Gasteiger partial charge in [0, 0.05) is 30.9 Å². The zero-order valence-electron chi connectivity index (χ0n) is 9.89. The van der Waals surface area contributed by atoms with Crippen LogP contribution in [0.3, 0.4) is 0 Å². The number of nitro groups is 1. The van der Waals surface area contributed by atoms with E-state index in [0.717, 1.165) is 11.8 Å². The molecule has 7 nitrogen and oxygen atoms in total. The molecule has 1 N–H and O–H groups in total. The molecule has 0 atom stereocenters. The van der Waals surface area contributed by atoms with Crippen LogP contribution in [0, 0.1) is 10.1 Å². The zero-order chi connectivity index (χ0) is 13.8. The normalized spacial score (nSPS) is 10.3. The van der Waals surface area contributed by atoms with Crippen LogP contribution in [-0.4, -0.2) is 25.6 Å². The van der Waals surface area contributed by atoms with Gasteiger partial charge in [-0.05, 0) is 12.1 Å². The van der Waals surface area contributed by atoms with Crippen molar-refractivity contribution in [3.8, 4) is 0 Å². The second-order valence-corrected chi connectivity index (χ2v) is 3.91. The molecule has 19 heavy (non-hydrogen) atoms. The highest BCUT2D eigenvalue weighted by molar-refractivity contribution is 5.86. The number of pyridine rings is 1. The van der Waals surface area contributed by atoms with Crippen molar-refractivity contribution < 1.29 is 14.8 Å². The third kappa shape index (κ3) is 2.95. The summed E-state index contributed by atoms with van der Waals surface area (Å²) in [6, 6.07) is 6.49. The van der Waals surface area contributed by atoms with Gasteiger partial charge in [0.05, 0.1) is 11.1 Å². The molecule has 2 aromatic heterocycles. The first-order chi connectivity index (χ1) is 9.08. The molecule has 0 aliphatic heterocycles. The standard InChI is InChI=1S/C12H11N3O4/c16-12(17)11-7-10(15(18)19)8-14(11)6-4-9-3-1-2-5-13-9/h1-3,5,7-8H,4,6H2,(H,16,17).